The highest BCUT2D eigenvalue weighted by Crippen LogP contribution is 2.38. The van der Waals surface area contributed by atoms with Crippen LogP contribution >= 0.6 is 11.6 Å². The van der Waals surface area contributed by atoms with Crippen molar-refractivity contribution >= 4 is 11.6 Å². The SMILES string of the molecule is C[C@H](NC1CCC(C(C)(C)C)CC1)c1ccccc1Cl. The first-order valence-electron chi connectivity index (χ1n) is 7.88. The van der Waals surface area contributed by atoms with Crippen molar-refractivity contribution in [2.24, 2.45) is 11.3 Å². The van der Waals surface area contributed by atoms with Gasteiger partial charge >= 0.3 is 0 Å². The number of benzene rings is 1. The summed E-state index contributed by atoms with van der Waals surface area (Å²) in [5.41, 5.74) is 1.67. The van der Waals surface area contributed by atoms with E-state index < -0.39 is 0 Å². The van der Waals surface area contributed by atoms with Crippen LogP contribution in [0.15, 0.2) is 24.3 Å². The molecule has 1 aliphatic rings. The summed E-state index contributed by atoms with van der Waals surface area (Å²) in [5, 5.41) is 4.63. The van der Waals surface area contributed by atoms with Crippen molar-refractivity contribution in [3.63, 3.8) is 0 Å². The third-order valence-electron chi connectivity index (χ3n) is 4.81. The minimum Gasteiger partial charge on any atom is -0.307 e. The lowest BCUT2D eigenvalue weighted by Gasteiger charge is -2.38. The summed E-state index contributed by atoms with van der Waals surface area (Å²) in [6.07, 6.45) is 5.26. The minimum atomic E-state index is 0.333. The summed E-state index contributed by atoms with van der Waals surface area (Å²) in [5.74, 6) is 0.871. The predicted octanol–water partition coefficient (Wildman–Crippen LogP) is 5.60. The van der Waals surface area contributed by atoms with Crippen LogP contribution in [0.5, 0.6) is 0 Å². The van der Waals surface area contributed by atoms with Crippen LogP contribution in [-0.2, 0) is 0 Å². The standard InChI is InChI=1S/C18H28ClN/c1-13(16-7-5-6-8-17(16)19)20-15-11-9-14(10-12-15)18(2,3)4/h5-8,13-15,20H,9-12H2,1-4H3/t13-,14?,15?/m0/s1. The van der Waals surface area contributed by atoms with Gasteiger partial charge in [0.1, 0.15) is 0 Å². The Labute approximate surface area is 129 Å². The first-order chi connectivity index (χ1) is 9.38. The van der Waals surface area contributed by atoms with Crippen LogP contribution in [0.3, 0.4) is 0 Å². The molecule has 0 bridgehead atoms. The van der Waals surface area contributed by atoms with Gasteiger partial charge in [-0.25, -0.2) is 0 Å². The molecule has 1 N–H and O–H groups in total. The normalized spacial score (nSPS) is 25.4. The average Bonchev–Trinajstić information content (AvgIpc) is 2.38. The molecule has 1 atom stereocenters. The van der Waals surface area contributed by atoms with E-state index in [0.29, 0.717) is 17.5 Å². The second kappa shape index (κ2) is 6.49. The number of nitrogens with one attached hydrogen (secondary N) is 1. The van der Waals surface area contributed by atoms with E-state index in [2.05, 4.69) is 45.1 Å². The van der Waals surface area contributed by atoms with Crippen molar-refractivity contribution in [2.45, 2.75) is 65.5 Å². The van der Waals surface area contributed by atoms with Crippen molar-refractivity contribution in [1.29, 1.82) is 0 Å². The van der Waals surface area contributed by atoms with E-state index in [4.69, 9.17) is 11.6 Å². The molecule has 1 fully saturated rings. The fourth-order valence-corrected chi connectivity index (χ4v) is 3.70. The molecule has 1 nitrogen and oxygen atoms in total. The zero-order chi connectivity index (χ0) is 14.8. The second-order valence-electron chi connectivity index (χ2n) is 7.32. The Bertz CT molecular complexity index is 427. The fourth-order valence-electron chi connectivity index (χ4n) is 3.40. The van der Waals surface area contributed by atoms with Crippen LogP contribution in [-0.4, -0.2) is 6.04 Å². The van der Waals surface area contributed by atoms with Gasteiger partial charge in [-0.2, -0.15) is 0 Å². The van der Waals surface area contributed by atoms with Gasteiger partial charge in [0.15, 0.2) is 0 Å². The van der Waals surface area contributed by atoms with Gasteiger partial charge in [0.05, 0.1) is 0 Å². The van der Waals surface area contributed by atoms with E-state index in [9.17, 15) is 0 Å². The average molecular weight is 294 g/mol. The summed E-state index contributed by atoms with van der Waals surface area (Å²) < 4.78 is 0. The highest BCUT2D eigenvalue weighted by atomic mass is 35.5. The molecule has 0 unspecified atom stereocenters. The van der Waals surface area contributed by atoms with Crippen LogP contribution in [0, 0.1) is 11.3 Å². The largest absolute Gasteiger partial charge is 0.307 e. The third kappa shape index (κ3) is 3.99. The van der Waals surface area contributed by atoms with E-state index >= 15 is 0 Å². The first kappa shape index (κ1) is 15.9. The van der Waals surface area contributed by atoms with Gasteiger partial charge in [0.25, 0.3) is 0 Å². The van der Waals surface area contributed by atoms with Gasteiger partial charge < -0.3 is 5.32 Å². The van der Waals surface area contributed by atoms with Crippen molar-refractivity contribution in [1.82, 2.24) is 5.32 Å². The fraction of sp³-hybridized carbons (Fsp3) is 0.667. The van der Waals surface area contributed by atoms with Gasteiger partial charge in [0, 0.05) is 17.1 Å². The maximum absolute atomic E-state index is 6.28. The van der Waals surface area contributed by atoms with E-state index in [1.54, 1.807) is 0 Å². The van der Waals surface area contributed by atoms with Crippen LogP contribution in [0.25, 0.3) is 0 Å². The molecule has 0 saturated heterocycles. The second-order valence-corrected chi connectivity index (χ2v) is 7.73. The molecule has 1 aromatic rings. The van der Waals surface area contributed by atoms with Crippen LogP contribution in [0.4, 0.5) is 0 Å². The van der Waals surface area contributed by atoms with Crippen molar-refractivity contribution < 1.29 is 0 Å². The Balaban J connectivity index is 1.88. The predicted molar refractivity (Wildman–Crippen MR) is 88.2 cm³/mol. The lowest BCUT2D eigenvalue weighted by molar-refractivity contribution is 0.157. The van der Waals surface area contributed by atoms with Crippen molar-refractivity contribution in [3.05, 3.63) is 34.9 Å². The Morgan fingerprint density at radius 1 is 1.10 bits per heavy atom. The Kier molecular flexibility index (Phi) is 5.14. The van der Waals surface area contributed by atoms with Gasteiger partial charge in [-0.15, -0.1) is 0 Å². The molecule has 0 amide bonds. The molecule has 20 heavy (non-hydrogen) atoms. The maximum atomic E-state index is 6.28. The molecule has 112 valence electrons. The van der Waals surface area contributed by atoms with Crippen LogP contribution in [0.2, 0.25) is 5.02 Å². The highest BCUT2D eigenvalue weighted by molar-refractivity contribution is 6.31. The molecule has 2 heteroatoms. The number of hydrogen-bond donors (Lipinski definition) is 1. The number of halogens is 1. The lowest BCUT2D eigenvalue weighted by Crippen LogP contribution is -2.37. The molecule has 2 rings (SSSR count). The van der Waals surface area contributed by atoms with Crippen LogP contribution in [0.1, 0.15) is 65.0 Å². The van der Waals surface area contributed by atoms with Gasteiger partial charge in [-0.05, 0) is 55.6 Å². The highest BCUT2D eigenvalue weighted by Gasteiger charge is 2.30. The Morgan fingerprint density at radius 3 is 2.25 bits per heavy atom. The maximum Gasteiger partial charge on any atom is 0.0453 e. The molecule has 1 aliphatic carbocycles. The minimum absolute atomic E-state index is 0.333. The van der Waals surface area contributed by atoms with Crippen molar-refractivity contribution in [2.75, 3.05) is 0 Å². The molecular formula is C18H28ClN. The molecule has 0 spiro atoms. The third-order valence-corrected chi connectivity index (χ3v) is 5.15. The van der Waals surface area contributed by atoms with Gasteiger partial charge in [-0.1, -0.05) is 50.6 Å². The van der Waals surface area contributed by atoms with Gasteiger partial charge in [0.2, 0.25) is 0 Å². The molecule has 0 aliphatic heterocycles. The summed E-state index contributed by atoms with van der Waals surface area (Å²) in [6.45, 7) is 9.34. The molecule has 1 saturated carbocycles. The van der Waals surface area contributed by atoms with Gasteiger partial charge in [-0.3, -0.25) is 0 Å². The smallest absolute Gasteiger partial charge is 0.0453 e. The molecule has 1 aromatic carbocycles. The Morgan fingerprint density at radius 2 is 1.70 bits per heavy atom. The van der Waals surface area contributed by atoms with E-state index in [-0.39, 0.29) is 0 Å². The summed E-state index contributed by atoms with van der Waals surface area (Å²) >= 11 is 6.28. The summed E-state index contributed by atoms with van der Waals surface area (Å²) in [7, 11) is 0. The monoisotopic (exact) mass is 293 g/mol. The molecule has 0 heterocycles. The van der Waals surface area contributed by atoms with E-state index in [1.807, 2.05) is 12.1 Å². The molecule has 0 aromatic heterocycles. The number of rotatable bonds is 3. The summed E-state index contributed by atoms with van der Waals surface area (Å²) in [4.78, 5) is 0. The Hall–Kier alpha value is -0.530. The van der Waals surface area contributed by atoms with Crippen molar-refractivity contribution in [3.8, 4) is 0 Å². The topological polar surface area (TPSA) is 12.0 Å². The van der Waals surface area contributed by atoms with Crippen LogP contribution < -0.4 is 5.32 Å². The lowest BCUT2D eigenvalue weighted by atomic mass is 9.71. The molecule has 0 radical (unpaired) electrons. The first-order valence-corrected chi connectivity index (χ1v) is 8.26. The van der Waals surface area contributed by atoms with E-state index in [1.165, 1.54) is 31.2 Å². The zero-order valence-corrected chi connectivity index (χ0v) is 14.0. The quantitative estimate of drug-likeness (QED) is 0.765. The summed E-state index contributed by atoms with van der Waals surface area (Å²) in [6, 6.07) is 9.13. The molecular weight excluding hydrogens is 266 g/mol. The van der Waals surface area contributed by atoms with E-state index in [0.717, 1.165) is 10.9 Å². The zero-order valence-electron chi connectivity index (χ0n) is 13.2. The number of hydrogen-bond acceptors (Lipinski definition) is 1.